The van der Waals surface area contributed by atoms with E-state index < -0.39 is 44.3 Å². The number of anilines is 6. The van der Waals surface area contributed by atoms with Gasteiger partial charge in [-0.15, -0.1) is 0 Å². The molecule has 4 saturated heterocycles. The van der Waals surface area contributed by atoms with E-state index in [1.54, 1.807) is 73.1 Å². The van der Waals surface area contributed by atoms with Crippen molar-refractivity contribution in [1.29, 1.82) is 0 Å². The number of morpholine rings is 2. The lowest BCUT2D eigenvalue weighted by atomic mass is 10.1. The van der Waals surface area contributed by atoms with Crippen LogP contribution in [-0.2, 0) is 39.1 Å². The maximum Gasteiger partial charge on any atom is 0.490 e. The largest absolute Gasteiger partial charge is 0.490 e. The van der Waals surface area contributed by atoms with Crippen LogP contribution in [-0.4, -0.2) is 181 Å². The van der Waals surface area contributed by atoms with E-state index in [-0.39, 0.29) is 33.0 Å². The predicted molar refractivity (Wildman–Crippen MR) is 285 cm³/mol. The molecule has 0 bridgehead atoms. The number of nitrogens with one attached hydrogen (secondary N) is 8. The van der Waals surface area contributed by atoms with Crippen LogP contribution in [0, 0.1) is 0 Å². The minimum absolute atomic E-state index is 0.200. The number of aromatic nitrogens is 6. The number of rotatable bonds is 12. The van der Waals surface area contributed by atoms with Crippen LogP contribution < -0.4 is 43.0 Å². The number of halogens is 6. The molecule has 0 amide bonds. The number of fused-ring (bicyclic) bond motifs is 2. The molecule has 6 aromatic rings. The SMILES string of the molecule is O=C(O)C(F)(F)F.O=C(O)C(F)(F)F.O=c1[nH]ccc2nc(N[C@@H]3CCCNC3)nc(Nc3ccc(S(=O)(=O)N4CCOCC4)cc3)c12.O=c1[nH]ccc2nc(N[C@@H]3CCCNC3)nc(Nc3ccc(S(=O)(=O)N4CCOCC4)cc3)c12. The third kappa shape index (κ3) is 16.8. The van der Waals surface area contributed by atoms with Crippen molar-refractivity contribution in [1.82, 2.24) is 49.1 Å². The minimum atomic E-state index is -5.08. The van der Waals surface area contributed by atoms with Crippen molar-refractivity contribution in [2.45, 2.75) is 59.9 Å². The molecule has 0 radical (unpaired) electrons. The highest BCUT2D eigenvalue weighted by Gasteiger charge is 2.39. The Morgan fingerprint density at radius 2 is 0.902 bits per heavy atom. The Morgan fingerprint density at radius 1 is 0.561 bits per heavy atom. The first-order chi connectivity index (χ1) is 38.9. The van der Waals surface area contributed by atoms with Crippen molar-refractivity contribution in [3.8, 4) is 0 Å². The summed E-state index contributed by atoms with van der Waals surface area (Å²) in [6, 6.07) is 16.7. The molecule has 8 heterocycles. The zero-order valence-corrected chi connectivity index (χ0v) is 44.8. The molecule has 0 spiro atoms. The molecule has 0 saturated carbocycles. The number of carbonyl (C=O) groups is 2. The zero-order chi connectivity index (χ0) is 59.2. The Kier molecular flexibility index (Phi) is 20.8. The number of aliphatic carboxylic acids is 2. The summed E-state index contributed by atoms with van der Waals surface area (Å²) in [7, 11) is -7.17. The highest BCUT2D eigenvalue weighted by atomic mass is 32.2. The number of alkyl halides is 6. The quantitative estimate of drug-likeness (QED) is 0.0780. The Bertz CT molecular complexity index is 3270. The van der Waals surface area contributed by atoms with Gasteiger partial charge in [0.25, 0.3) is 11.1 Å². The molecule has 444 valence electrons. The number of aromatic amines is 2. The lowest BCUT2D eigenvalue weighted by Crippen LogP contribution is -2.40. The fraction of sp³-hybridized carbons (Fsp3) is 0.417. The molecule has 82 heavy (non-hydrogen) atoms. The van der Waals surface area contributed by atoms with Crippen LogP contribution >= 0.6 is 0 Å². The molecular weight excluding hydrogens is 1140 g/mol. The molecule has 26 nitrogen and oxygen atoms in total. The number of benzene rings is 2. The Balaban J connectivity index is 0.000000192. The third-order valence-corrected chi connectivity index (χ3v) is 16.3. The average molecular weight is 1200 g/mol. The van der Waals surface area contributed by atoms with Gasteiger partial charge in [-0.3, -0.25) is 9.59 Å². The summed E-state index contributed by atoms with van der Waals surface area (Å²) in [5, 5.41) is 34.7. The summed E-state index contributed by atoms with van der Waals surface area (Å²) in [5.41, 5.74) is 1.62. The summed E-state index contributed by atoms with van der Waals surface area (Å²) in [6.45, 7) is 6.54. The van der Waals surface area contributed by atoms with E-state index in [4.69, 9.17) is 29.3 Å². The number of carboxylic acids is 2. The van der Waals surface area contributed by atoms with Gasteiger partial charge < -0.3 is 61.6 Å². The number of sulfonamides is 2. The summed E-state index contributed by atoms with van der Waals surface area (Å²) in [4.78, 5) is 66.8. The number of ether oxygens (including phenoxy) is 2. The van der Waals surface area contributed by atoms with Crippen LogP contribution in [0.5, 0.6) is 0 Å². The van der Waals surface area contributed by atoms with Crippen LogP contribution in [0.15, 0.2) is 92.4 Å². The number of hydrogen-bond donors (Lipinski definition) is 10. The average Bonchev–Trinajstić information content (AvgIpc) is 3.53. The normalized spacial score (nSPS) is 18.3. The Hall–Kier alpha value is -7.60. The molecule has 2 aromatic carbocycles. The third-order valence-electron chi connectivity index (χ3n) is 12.4. The molecule has 4 fully saturated rings. The standard InChI is InChI=1S/2C22H27N7O4S.2C2HF3O2/c2*30-21-19-18(7-9-24-21)27-22(26-16-2-1-8-23-14-16)28-20(19)25-15-3-5-17(6-4-15)34(31,32)29-10-12-33-13-11-29;2*3-2(4,5)1(6)7/h2*3-7,9,16,23H,1-2,8,10-14H2,(H,24,30)(H2,25,26,27,28);2*(H,6,7)/t2*16-;;/m11../s1. The van der Waals surface area contributed by atoms with Crippen molar-refractivity contribution in [3.05, 3.63) is 93.8 Å². The number of piperidine rings is 2. The van der Waals surface area contributed by atoms with Gasteiger partial charge >= 0.3 is 24.3 Å². The fourth-order valence-electron chi connectivity index (χ4n) is 8.37. The summed E-state index contributed by atoms with van der Waals surface area (Å²) in [5.74, 6) is -3.95. The van der Waals surface area contributed by atoms with E-state index in [2.05, 4.69) is 61.8 Å². The van der Waals surface area contributed by atoms with Crippen molar-refractivity contribution >= 4 is 88.7 Å². The van der Waals surface area contributed by atoms with Crippen LogP contribution in [0.4, 0.5) is 61.2 Å². The number of nitrogens with zero attached hydrogens (tertiary/aromatic N) is 6. The van der Waals surface area contributed by atoms with Crippen LogP contribution in [0.25, 0.3) is 21.8 Å². The lowest BCUT2D eigenvalue weighted by Gasteiger charge is -2.26. The molecular formula is C48H56F6N14O12S2. The molecule has 10 N–H and O–H groups in total. The molecule has 4 aliphatic rings. The Labute approximate surface area is 462 Å². The van der Waals surface area contributed by atoms with Crippen molar-refractivity contribution < 1.29 is 72.5 Å². The van der Waals surface area contributed by atoms with Gasteiger partial charge in [-0.05, 0) is 99.4 Å². The number of carboxylic acid groups (broad SMARTS) is 2. The minimum Gasteiger partial charge on any atom is -0.475 e. The van der Waals surface area contributed by atoms with Crippen molar-refractivity contribution in [3.63, 3.8) is 0 Å². The monoisotopic (exact) mass is 1200 g/mol. The van der Waals surface area contributed by atoms with Crippen molar-refractivity contribution in [2.24, 2.45) is 0 Å². The number of pyridine rings is 2. The van der Waals surface area contributed by atoms with Gasteiger partial charge in [-0.1, -0.05) is 0 Å². The maximum atomic E-state index is 12.9. The second-order valence-corrected chi connectivity index (χ2v) is 22.1. The molecule has 2 atom stereocenters. The van der Waals surface area contributed by atoms with Gasteiger partial charge in [0.05, 0.1) is 47.3 Å². The zero-order valence-electron chi connectivity index (χ0n) is 43.1. The van der Waals surface area contributed by atoms with Gasteiger partial charge in [0.1, 0.15) is 22.4 Å². The van der Waals surface area contributed by atoms with Gasteiger partial charge in [-0.2, -0.15) is 44.9 Å². The molecule has 0 unspecified atom stereocenters. The molecule has 0 aliphatic carbocycles. The second kappa shape index (κ2) is 27.4. The lowest BCUT2D eigenvalue weighted by molar-refractivity contribution is -0.193. The van der Waals surface area contributed by atoms with Gasteiger partial charge in [-0.25, -0.2) is 36.4 Å². The van der Waals surface area contributed by atoms with E-state index in [1.807, 2.05) is 0 Å². The first-order valence-electron chi connectivity index (χ1n) is 25.1. The van der Waals surface area contributed by atoms with Crippen LogP contribution in [0.3, 0.4) is 0 Å². The van der Waals surface area contributed by atoms with Crippen LogP contribution in [0.1, 0.15) is 25.7 Å². The van der Waals surface area contributed by atoms with Gasteiger partial charge in [0.2, 0.25) is 31.9 Å². The maximum absolute atomic E-state index is 12.9. The van der Waals surface area contributed by atoms with E-state index >= 15 is 0 Å². The van der Waals surface area contributed by atoms with E-state index in [1.165, 1.54) is 8.61 Å². The van der Waals surface area contributed by atoms with E-state index in [0.29, 0.717) is 109 Å². The van der Waals surface area contributed by atoms with Crippen molar-refractivity contribution in [2.75, 3.05) is 100 Å². The topological polar surface area (TPSA) is 357 Å². The highest BCUT2D eigenvalue weighted by molar-refractivity contribution is 7.89. The highest BCUT2D eigenvalue weighted by Crippen LogP contribution is 2.28. The summed E-state index contributed by atoms with van der Waals surface area (Å²) >= 11 is 0. The van der Waals surface area contributed by atoms with Gasteiger partial charge in [0, 0.05) is 75.1 Å². The molecule has 4 aromatic heterocycles. The summed E-state index contributed by atoms with van der Waals surface area (Å²) < 4.78 is 128. The van der Waals surface area contributed by atoms with E-state index in [0.717, 1.165) is 51.9 Å². The first-order valence-corrected chi connectivity index (χ1v) is 28.0. The van der Waals surface area contributed by atoms with Gasteiger partial charge in [0.15, 0.2) is 0 Å². The van der Waals surface area contributed by atoms with Crippen LogP contribution in [0.2, 0.25) is 0 Å². The predicted octanol–water partition coefficient (Wildman–Crippen LogP) is 3.76. The smallest absolute Gasteiger partial charge is 0.475 e. The van der Waals surface area contributed by atoms with E-state index in [9.17, 15) is 52.8 Å². The number of H-pyrrole nitrogens is 2. The summed E-state index contributed by atoms with van der Waals surface area (Å²) in [6.07, 6.45) is -2.92. The molecule has 4 aliphatic heterocycles. The fourth-order valence-corrected chi connectivity index (χ4v) is 11.2. The molecule has 34 heteroatoms. The second-order valence-electron chi connectivity index (χ2n) is 18.2. The Morgan fingerprint density at radius 3 is 1.21 bits per heavy atom. The number of hydrogen-bond acceptors (Lipinski definition) is 20. The first kappa shape index (κ1) is 62.0. The molecule has 10 rings (SSSR count).